The molecule has 7 nitrogen and oxygen atoms in total. The fourth-order valence-corrected chi connectivity index (χ4v) is 6.53. The molecule has 0 unspecified atom stereocenters. The van der Waals surface area contributed by atoms with Crippen molar-refractivity contribution in [3.63, 3.8) is 0 Å². The topological polar surface area (TPSA) is 124 Å². The number of hydrogen-bond donors (Lipinski definition) is 4. The molecule has 3 aliphatic rings. The minimum atomic E-state index is -2.12. The highest BCUT2D eigenvalue weighted by molar-refractivity contribution is 6.14. The van der Waals surface area contributed by atoms with Crippen LogP contribution in [0, 0.1) is 24.2 Å². The van der Waals surface area contributed by atoms with Crippen molar-refractivity contribution < 1.29 is 24.9 Å². The normalized spacial score (nSPS) is 28.2. The van der Waals surface area contributed by atoms with Crippen molar-refractivity contribution in [3.05, 3.63) is 57.4 Å². The van der Waals surface area contributed by atoms with Gasteiger partial charge < -0.3 is 26.0 Å². The number of aliphatic hydroxyl groups excluding tert-OH is 2. The summed E-state index contributed by atoms with van der Waals surface area (Å²) < 4.78 is 0. The largest absolute Gasteiger partial charge is 0.511 e. The molecule has 0 spiro atoms. The van der Waals surface area contributed by atoms with E-state index >= 15 is 0 Å². The van der Waals surface area contributed by atoms with Crippen LogP contribution in [0.3, 0.4) is 0 Å². The lowest BCUT2D eigenvalue weighted by Gasteiger charge is -2.52. The van der Waals surface area contributed by atoms with Gasteiger partial charge in [0.05, 0.1) is 5.57 Å². The van der Waals surface area contributed by atoms with Crippen LogP contribution >= 0.6 is 0 Å². The summed E-state index contributed by atoms with van der Waals surface area (Å²) in [5.41, 5.74) is 6.83. The van der Waals surface area contributed by atoms with E-state index in [4.69, 9.17) is 5.73 Å². The quantitative estimate of drug-likeness (QED) is 0.521. The van der Waals surface area contributed by atoms with Gasteiger partial charge in [-0.25, -0.2) is 0 Å². The molecule has 1 aromatic carbocycles. The first-order chi connectivity index (χ1) is 16.1. The molecule has 0 saturated heterocycles. The third kappa shape index (κ3) is 3.43. The smallest absolute Gasteiger partial charge is 0.252 e. The number of anilines is 1. The Morgan fingerprint density at radius 1 is 1.31 bits per heavy atom. The summed E-state index contributed by atoms with van der Waals surface area (Å²) in [6.45, 7) is 12.0. The molecule has 0 aromatic heterocycles. The Bertz CT molecular complexity index is 1240. The molecule has 0 bridgehead atoms. The van der Waals surface area contributed by atoms with Crippen LogP contribution in [0.15, 0.2) is 35.1 Å². The number of hydrogen-bond acceptors (Lipinski definition) is 6. The second-order valence-corrected chi connectivity index (χ2v) is 11.4. The van der Waals surface area contributed by atoms with Gasteiger partial charge in [-0.1, -0.05) is 27.4 Å². The van der Waals surface area contributed by atoms with E-state index in [0.717, 1.165) is 28.8 Å². The average Bonchev–Trinajstić information content (AvgIpc) is 2.71. The Morgan fingerprint density at radius 3 is 2.49 bits per heavy atom. The van der Waals surface area contributed by atoms with Gasteiger partial charge in [0.15, 0.2) is 11.4 Å². The minimum Gasteiger partial charge on any atom is -0.511 e. The van der Waals surface area contributed by atoms with E-state index in [1.807, 2.05) is 32.8 Å². The third-order valence-electron chi connectivity index (χ3n) is 8.13. The lowest BCUT2D eigenvalue weighted by Crippen LogP contribution is -2.59. The fraction of sp³-hybridized carbons (Fsp3) is 0.500. The highest BCUT2D eigenvalue weighted by atomic mass is 16.3. The number of ketones is 1. The van der Waals surface area contributed by atoms with E-state index < -0.39 is 28.6 Å². The van der Waals surface area contributed by atoms with Crippen molar-refractivity contribution in [1.29, 1.82) is 0 Å². The van der Waals surface area contributed by atoms with E-state index in [1.165, 1.54) is 0 Å². The van der Waals surface area contributed by atoms with Gasteiger partial charge in [-0.3, -0.25) is 9.59 Å². The van der Waals surface area contributed by atoms with Crippen LogP contribution in [-0.2, 0) is 22.4 Å². The number of aliphatic hydroxyl groups is 3. The molecule has 188 valence electrons. The molecule has 1 fully saturated rings. The molecule has 0 aliphatic heterocycles. The third-order valence-corrected chi connectivity index (χ3v) is 8.13. The van der Waals surface area contributed by atoms with Crippen molar-refractivity contribution >= 4 is 23.1 Å². The van der Waals surface area contributed by atoms with Gasteiger partial charge in [0.2, 0.25) is 0 Å². The van der Waals surface area contributed by atoms with Crippen molar-refractivity contribution in [1.82, 2.24) is 0 Å². The number of nitrogens with two attached hydrogens (primary N) is 1. The zero-order chi connectivity index (χ0) is 26.2. The number of carbonyl (C=O) groups is 2. The van der Waals surface area contributed by atoms with Crippen LogP contribution in [0.1, 0.15) is 55.9 Å². The molecule has 1 amide bonds. The van der Waals surface area contributed by atoms with E-state index in [1.54, 1.807) is 0 Å². The molecule has 3 atom stereocenters. The zero-order valence-corrected chi connectivity index (χ0v) is 21.5. The van der Waals surface area contributed by atoms with Gasteiger partial charge in [0.25, 0.3) is 5.91 Å². The molecule has 1 aromatic rings. The Morgan fingerprint density at radius 2 is 1.94 bits per heavy atom. The van der Waals surface area contributed by atoms with Crippen molar-refractivity contribution in [3.8, 4) is 0 Å². The maximum atomic E-state index is 14.0. The van der Waals surface area contributed by atoms with Crippen molar-refractivity contribution in [2.45, 2.75) is 59.0 Å². The second-order valence-electron chi connectivity index (χ2n) is 11.4. The van der Waals surface area contributed by atoms with Gasteiger partial charge in [0, 0.05) is 54.2 Å². The van der Waals surface area contributed by atoms with Crippen LogP contribution in [-0.4, -0.2) is 46.7 Å². The van der Waals surface area contributed by atoms with Crippen LogP contribution in [0.5, 0.6) is 0 Å². The van der Waals surface area contributed by atoms with Crippen LogP contribution in [0.25, 0.3) is 5.76 Å². The summed E-state index contributed by atoms with van der Waals surface area (Å²) in [5.74, 6) is -2.29. The van der Waals surface area contributed by atoms with E-state index in [9.17, 15) is 24.9 Å². The molecule has 35 heavy (non-hydrogen) atoms. The molecule has 1 saturated carbocycles. The van der Waals surface area contributed by atoms with Gasteiger partial charge in [-0.15, -0.1) is 0 Å². The Hall–Kier alpha value is -3.06. The maximum absolute atomic E-state index is 14.0. The highest BCUT2D eigenvalue weighted by Crippen LogP contribution is 2.59. The van der Waals surface area contributed by atoms with Gasteiger partial charge in [-0.2, -0.15) is 0 Å². The Kier molecular flexibility index (Phi) is 5.71. The number of rotatable bonds is 4. The second kappa shape index (κ2) is 7.98. The molecule has 5 N–H and O–H groups in total. The SMILES string of the molecule is C=C1C(C(N)=O)=C(O)C[C@@H]2C[C@]3(C)Cc4c(N(C)C)cc(CC(C)C)c(C)c4C(O)=C3C(=O)[C@]12O. The predicted octanol–water partition coefficient (Wildman–Crippen LogP) is 3.67. The van der Waals surface area contributed by atoms with Crippen LogP contribution in [0.4, 0.5) is 5.69 Å². The van der Waals surface area contributed by atoms with Gasteiger partial charge in [-0.05, 0) is 54.9 Å². The lowest BCUT2D eigenvalue weighted by atomic mass is 9.52. The van der Waals surface area contributed by atoms with Crippen LogP contribution in [0.2, 0.25) is 0 Å². The molecular formula is C28H36N2O5. The molecule has 3 aliphatic carbocycles. The Balaban J connectivity index is 1.98. The first kappa shape index (κ1) is 25.0. The predicted molar refractivity (Wildman–Crippen MR) is 136 cm³/mol. The van der Waals surface area contributed by atoms with E-state index in [0.29, 0.717) is 24.3 Å². The standard InChI is InChI=1S/C28H36N2O5/c1-13(2)8-16-9-19(30(6)7)18-12-27(5)11-17-10-20(31)22(26(29)34)15(4)28(17,35)25(33)23(27)24(32)21(18)14(16)3/h9,13,17,31-32,35H,4,8,10-12H2,1-3,5-7H3,(H2,29,34)/t17-,27-,28+/m1/s1. The summed E-state index contributed by atoms with van der Waals surface area (Å²) in [7, 11) is 3.93. The molecular weight excluding hydrogens is 444 g/mol. The lowest BCUT2D eigenvalue weighted by molar-refractivity contribution is -0.142. The number of Topliss-reactive ketones (excluding diaryl/α,β-unsaturated/α-hetero) is 1. The number of nitrogens with zero attached hydrogens (tertiary/aromatic N) is 1. The monoisotopic (exact) mass is 480 g/mol. The number of benzene rings is 1. The first-order valence-electron chi connectivity index (χ1n) is 12.1. The van der Waals surface area contributed by atoms with Crippen molar-refractivity contribution in [2.75, 3.05) is 19.0 Å². The summed E-state index contributed by atoms with van der Waals surface area (Å²) >= 11 is 0. The van der Waals surface area contributed by atoms with Crippen LogP contribution < -0.4 is 10.6 Å². The van der Waals surface area contributed by atoms with Gasteiger partial charge in [0.1, 0.15) is 11.5 Å². The van der Waals surface area contributed by atoms with Gasteiger partial charge >= 0.3 is 0 Å². The summed E-state index contributed by atoms with van der Waals surface area (Å²) in [4.78, 5) is 28.1. The average molecular weight is 481 g/mol. The molecule has 4 rings (SSSR count). The molecule has 0 heterocycles. The highest BCUT2D eigenvalue weighted by Gasteiger charge is 2.62. The molecule has 0 radical (unpaired) electrons. The molecule has 7 heteroatoms. The number of primary amides is 1. The number of allylic oxidation sites excluding steroid dienone is 1. The maximum Gasteiger partial charge on any atom is 0.252 e. The van der Waals surface area contributed by atoms with E-state index in [-0.39, 0.29) is 34.7 Å². The zero-order valence-electron chi connectivity index (χ0n) is 21.5. The number of amides is 1. The number of carbonyl (C=O) groups excluding carboxylic acids is 2. The minimum absolute atomic E-state index is 0.0666. The van der Waals surface area contributed by atoms with E-state index in [2.05, 4.69) is 26.5 Å². The first-order valence-corrected chi connectivity index (χ1v) is 12.1. The summed E-state index contributed by atoms with van der Waals surface area (Å²) in [6.07, 6.45) is 1.57. The Labute approximate surface area is 206 Å². The fourth-order valence-electron chi connectivity index (χ4n) is 6.53. The van der Waals surface area contributed by atoms with Crippen molar-refractivity contribution in [2.24, 2.45) is 23.0 Å². The summed E-state index contributed by atoms with van der Waals surface area (Å²) in [5, 5.41) is 33.9. The number of fused-ring (bicyclic) bond motifs is 3. The summed E-state index contributed by atoms with van der Waals surface area (Å²) in [6, 6.07) is 2.17.